The smallest absolute Gasteiger partial charge is 0.279 e. The molecule has 144 valence electrons. The summed E-state index contributed by atoms with van der Waals surface area (Å²) in [6, 6.07) is 11.2. The summed E-state index contributed by atoms with van der Waals surface area (Å²) >= 11 is 0. The van der Waals surface area contributed by atoms with Gasteiger partial charge in [0.2, 0.25) is 6.79 Å². The van der Waals surface area contributed by atoms with E-state index in [0.717, 1.165) is 16.2 Å². The average Bonchev–Trinajstić information content (AvgIpc) is 3.10. The summed E-state index contributed by atoms with van der Waals surface area (Å²) in [5.74, 6) is 2.70. The number of amides is 1. The highest BCUT2D eigenvalue weighted by atomic mass is 16.7. The Morgan fingerprint density at radius 2 is 1.96 bits per heavy atom. The number of anilines is 1. The number of likely N-dealkylation sites (N-methyl/N-ethyl adjacent to an activating group) is 1. The first kappa shape index (κ1) is 18.8. The second-order valence-corrected chi connectivity index (χ2v) is 6.35. The Balaban J connectivity index is 1.55. The lowest BCUT2D eigenvalue weighted by Gasteiger charge is -2.16. The van der Waals surface area contributed by atoms with Crippen molar-refractivity contribution in [3.8, 4) is 23.0 Å². The predicted molar refractivity (Wildman–Crippen MR) is 101 cm³/mol. The third kappa shape index (κ3) is 4.83. The van der Waals surface area contributed by atoms with Gasteiger partial charge in [-0.25, -0.2) is 0 Å². The summed E-state index contributed by atoms with van der Waals surface area (Å²) in [5.41, 5.74) is 1.77. The minimum Gasteiger partial charge on any atom is -0.493 e. The van der Waals surface area contributed by atoms with Gasteiger partial charge in [-0.3, -0.25) is 4.79 Å². The summed E-state index contributed by atoms with van der Waals surface area (Å²) in [6.45, 7) is 3.76. The zero-order valence-electron chi connectivity index (χ0n) is 15.8. The first-order valence-electron chi connectivity index (χ1n) is 8.89. The lowest BCUT2D eigenvalue weighted by molar-refractivity contribution is -0.885. The van der Waals surface area contributed by atoms with Crippen LogP contribution in [0.5, 0.6) is 23.0 Å². The van der Waals surface area contributed by atoms with Gasteiger partial charge in [-0.2, -0.15) is 0 Å². The summed E-state index contributed by atoms with van der Waals surface area (Å²) in [6.07, 6.45) is 0. The Bertz CT molecular complexity index is 809. The molecule has 1 unspecified atom stereocenters. The Labute approximate surface area is 158 Å². The number of hydrogen-bond donors (Lipinski definition) is 2. The fourth-order valence-corrected chi connectivity index (χ4v) is 2.96. The second kappa shape index (κ2) is 8.64. The van der Waals surface area contributed by atoms with E-state index in [2.05, 4.69) is 5.32 Å². The molecule has 0 spiro atoms. The minimum atomic E-state index is -0.0655. The van der Waals surface area contributed by atoms with Crippen LogP contribution >= 0.6 is 0 Å². The van der Waals surface area contributed by atoms with Gasteiger partial charge < -0.3 is 29.2 Å². The van der Waals surface area contributed by atoms with Crippen LogP contribution in [0.3, 0.4) is 0 Å². The molecule has 0 aliphatic carbocycles. The van der Waals surface area contributed by atoms with Crippen LogP contribution in [-0.2, 0) is 11.3 Å². The van der Waals surface area contributed by atoms with Crippen molar-refractivity contribution < 1.29 is 28.6 Å². The Hall–Kier alpha value is -2.93. The molecular weight excluding hydrogens is 348 g/mol. The molecule has 0 bridgehead atoms. The van der Waals surface area contributed by atoms with E-state index < -0.39 is 0 Å². The van der Waals surface area contributed by atoms with E-state index in [1.165, 1.54) is 0 Å². The zero-order chi connectivity index (χ0) is 19.2. The summed E-state index contributed by atoms with van der Waals surface area (Å²) < 4.78 is 21.5. The third-order valence-electron chi connectivity index (χ3n) is 4.15. The van der Waals surface area contributed by atoms with Crippen LogP contribution < -0.4 is 29.2 Å². The predicted octanol–water partition coefficient (Wildman–Crippen LogP) is 1.48. The van der Waals surface area contributed by atoms with Crippen molar-refractivity contribution in [2.45, 2.75) is 13.5 Å². The molecule has 1 amide bonds. The van der Waals surface area contributed by atoms with Crippen LogP contribution in [0.4, 0.5) is 5.69 Å². The molecule has 0 aromatic heterocycles. The molecule has 0 saturated heterocycles. The maximum absolute atomic E-state index is 12.3. The fourth-order valence-electron chi connectivity index (χ4n) is 2.96. The number of carbonyl (C=O) groups is 1. The molecule has 7 heteroatoms. The molecule has 1 aliphatic rings. The van der Waals surface area contributed by atoms with E-state index in [0.29, 0.717) is 42.6 Å². The minimum absolute atomic E-state index is 0.0655. The summed E-state index contributed by atoms with van der Waals surface area (Å²) in [5, 5.41) is 2.90. The SMILES string of the molecule is CCOc1ccc(C[NH+](C)CC(=O)Nc2ccc3c(c2)OCO3)cc1OC. The molecule has 1 heterocycles. The molecule has 7 nitrogen and oxygen atoms in total. The van der Waals surface area contributed by atoms with Gasteiger partial charge in [0.15, 0.2) is 29.5 Å². The van der Waals surface area contributed by atoms with Crippen molar-refractivity contribution in [2.75, 3.05) is 39.4 Å². The van der Waals surface area contributed by atoms with Gasteiger partial charge in [0.05, 0.1) is 20.8 Å². The van der Waals surface area contributed by atoms with Gasteiger partial charge in [0.1, 0.15) is 6.54 Å². The van der Waals surface area contributed by atoms with Gasteiger partial charge in [-0.1, -0.05) is 0 Å². The van der Waals surface area contributed by atoms with Crippen LogP contribution in [-0.4, -0.2) is 40.0 Å². The molecule has 2 N–H and O–H groups in total. The first-order valence-corrected chi connectivity index (χ1v) is 8.89. The van der Waals surface area contributed by atoms with Gasteiger partial charge in [-0.15, -0.1) is 0 Å². The van der Waals surface area contributed by atoms with E-state index >= 15 is 0 Å². The molecule has 1 atom stereocenters. The first-order chi connectivity index (χ1) is 13.1. The van der Waals surface area contributed by atoms with Crippen LogP contribution in [0.15, 0.2) is 36.4 Å². The number of nitrogens with one attached hydrogen (secondary N) is 2. The molecular formula is C20H25N2O5+. The Morgan fingerprint density at radius 1 is 1.15 bits per heavy atom. The topological polar surface area (TPSA) is 70.5 Å². The van der Waals surface area contributed by atoms with Crippen LogP contribution in [0.25, 0.3) is 0 Å². The maximum atomic E-state index is 12.3. The van der Waals surface area contributed by atoms with E-state index in [1.54, 1.807) is 25.3 Å². The fraction of sp³-hybridized carbons (Fsp3) is 0.350. The lowest BCUT2D eigenvalue weighted by Crippen LogP contribution is -3.08. The number of fused-ring (bicyclic) bond motifs is 1. The van der Waals surface area contributed by atoms with Crippen LogP contribution in [0, 0.1) is 0 Å². The van der Waals surface area contributed by atoms with E-state index in [-0.39, 0.29) is 12.7 Å². The maximum Gasteiger partial charge on any atom is 0.279 e. The van der Waals surface area contributed by atoms with Gasteiger partial charge >= 0.3 is 0 Å². The number of quaternary nitrogens is 1. The molecule has 1 aliphatic heterocycles. The largest absolute Gasteiger partial charge is 0.493 e. The van der Waals surface area contributed by atoms with E-state index in [9.17, 15) is 4.79 Å². The molecule has 2 aromatic carbocycles. The lowest BCUT2D eigenvalue weighted by atomic mass is 10.2. The van der Waals surface area contributed by atoms with Crippen molar-refractivity contribution in [3.05, 3.63) is 42.0 Å². The second-order valence-electron chi connectivity index (χ2n) is 6.35. The number of carbonyl (C=O) groups excluding carboxylic acids is 1. The number of hydrogen-bond acceptors (Lipinski definition) is 5. The van der Waals surface area contributed by atoms with Crippen molar-refractivity contribution in [3.63, 3.8) is 0 Å². The summed E-state index contributed by atoms with van der Waals surface area (Å²) in [7, 11) is 3.60. The van der Waals surface area contributed by atoms with Crippen molar-refractivity contribution in [1.82, 2.24) is 0 Å². The van der Waals surface area contributed by atoms with Crippen molar-refractivity contribution in [2.24, 2.45) is 0 Å². The van der Waals surface area contributed by atoms with Crippen LogP contribution in [0.1, 0.15) is 12.5 Å². The number of ether oxygens (including phenoxy) is 4. The Morgan fingerprint density at radius 3 is 2.74 bits per heavy atom. The summed E-state index contributed by atoms with van der Waals surface area (Å²) in [4.78, 5) is 13.4. The van der Waals surface area contributed by atoms with Crippen molar-refractivity contribution >= 4 is 11.6 Å². The monoisotopic (exact) mass is 373 g/mol. The van der Waals surface area contributed by atoms with Gasteiger partial charge in [-0.05, 0) is 37.3 Å². The average molecular weight is 373 g/mol. The molecule has 0 fully saturated rings. The number of methoxy groups -OCH3 is 1. The normalized spacial score (nSPS) is 13.1. The highest BCUT2D eigenvalue weighted by Crippen LogP contribution is 2.34. The molecule has 2 aromatic rings. The highest BCUT2D eigenvalue weighted by Gasteiger charge is 2.16. The van der Waals surface area contributed by atoms with Gasteiger partial charge in [0, 0.05) is 17.3 Å². The van der Waals surface area contributed by atoms with Crippen molar-refractivity contribution in [1.29, 1.82) is 0 Å². The van der Waals surface area contributed by atoms with E-state index in [4.69, 9.17) is 18.9 Å². The molecule has 0 radical (unpaired) electrons. The molecule has 0 saturated carbocycles. The Kier molecular flexibility index (Phi) is 6.03. The molecule has 3 rings (SSSR count). The third-order valence-corrected chi connectivity index (χ3v) is 4.15. The quantitative estimate of drug-likeness (QED) is 0.734. The van der Waals surface area contributed by atoms with Gasteiger partial charge in [0.25, 0.3) is 5.91 Å². The standard InChI is InChI=1S/C20H24N2O5/c1-4-25-16-7-5-14(9-18(16)24-3)11-22(2)12-20(23)21-15-6-8-17-19(10-15)27-13-26-17/h5-10H,4,11-13H2,1-3H3,(H,21,23)/p+1. The zero-order valence-corrected chi connectivity index (χ0v) is 15.8. The van der Waals surface area contributed by atoms with E-state index in [1.807, 2.05) is 32.2 Å². The molecule has 27 heavy (non-hydrogen) atoms. The number of rotatable bonds is 8. The van der Waals surface area contributed by atoms with Crippen LogP contribution in [0.2, 0.25) is 0 Å². The number of benzene rings is 2. The highest BCUT2D eigenvalue weighted by molar-refractivity contribution is 5.91.